The third-order valence-electron chi connectivity index (χ3n) is 2.58. The van der Waals surface area contributed by atoms with Crippen LogP contribution in [0.5, 0.6) is 11.5 Å². The Morgan fingerprint density at radius 2 is 2.05 bits per heavy atom. The average molecular weight is 341 g/mol. The fourth-order valence-corrected chi connectivity index (χ4v) is 2.29. The molecule has 19 heavy (non-hydrogen) atoms. The van der Waals surface area contributed by atoms with E-state index in [1.807, 2.05) is 43.3 Å². The number of nitrogens with two attached hydrogens (primary N) is 1. The van der Waals surface area contributed by atoms with Gasteiger partial charge in [-0.15, -0.1) is 0 Å². The highest BCUT2D eigenvalue weighted by atomic mass is 79.9. The molecule has 2 rings (SSSR count). The van der Waals surface area contributed by atoms with Gasteiger partial charge in [-0.3, -0.25) is 0 Å². The molecule has 0 saturated carbocycles. The van der Waals surface area contributed by atoms with Gasteiger partial charge in [-0.25, -0.2) is 0 Å². The third kappa shape index (κ3) is 4.23. The number of halogens is 2. The van der Waals surface area contributed by atoms with E-state index in [2.05, 4.69) is 15.9 Å². The Kier molecular flexibility index (Phi) is 4.86. The summed E-state index contributed by atoms with van der Waals surface area (Å²) >= 11 is 9.51. The maximum atomic E-state index is 6.10. The van der Waals surface area contributed by atoms with Crippen LogP contribution in [-0.4, -0.2) is 6.04 Å². The Morgan fingerprint density at radius 3 is 2.79 bits per heavy atom. The van der Waals surface area contributed by atoms with Crippen LogP contribution in [-0.2, 0) is 6.42 Å². The zero-order chi connectivity index (χ0) is 13.8. The van der Waals surface area contributed by atoms with Crippen LogP contribution in [0.3, 0.4) is 0 Å². The van der Waals surface area contributed by atoms with E-state index in [0.717, 1.165) is 22.2 Å². The van der Waals surface area contributed by atoms with Crippen molar-refractivity contribution in [1.29, 1.82) is 0 Å². The van der Waals surface area contributed by atoms with Crippen molar-refractivity contribution in [1.82, 2.24) is 0 Å². The van der Waals surface area contributed by atoms with Crippen molar-refractivity contribution in [3.63, 3.8) is 0 Å². The molecule has 2 N–H and O–H groups in total. The zero-order valence-corrected chi connectivity index (χ0v) is 12.9. The summed E-state index contributed by atoms with van der Waals surface area (Å²) in [6, 6.07) is 13.5. The average Bonchev–Trinajstić information content (AvgIpc) is 2.33. The van der Waals surface area contributed by atoms with Gasteiger partial charge >= 0.3 is 0 Å². The first-order valence-electron chi connectivity index (χ1n) is 6.02. The Hall–Kier alpha value is -1.03. The molecule has 0 amide bonds. The number of hydrogen-bond donors (Lipinski definition) is 1. The first-order valence-corrected chi connectivity index (χ1v) is 7.19. The second kappa shape index (κ2) is 6.42. The lowest BCUT2D eigenvalue weighted by molar-refractivity contribution is 0.481. The molecule has 0 radical (unpaired) electrons. The topological polar surface area (TPSA) is 35.2 Å². The largest absolute Gasteiger partial charge is 0.456 e. The van der Waals surface area contributed by atoms with E-state index in [0.29, 0.717) is 10.8 Å². The second-order valence-electron chi connectivity index (χ2n) is 4.51. The molecule has 100 valence electrons. The summed E-state index contributed by atoms with van der Waals surface area (Å²) in [6.07, 6.45) is 0.823. The van der Waals surface area contributed by atoms with Gasteiger partial charge in [-0.1, -0.05) is 39.7 Å². The molecule has 1 unspecified atom stereocenters. The third-order valence-corrected chi connectivity index (χ3v) is 3.38. The molecule has 4 heteroatoms. The van der Waals surface area contributed by atoms with Crippen molar-refractivity contribution in [2.75, 3.05) is 0 Å². The summed E-state index contributed by atoms with van der Waals surface area (Å²) in [5.74, 6) is 1.40. The van der Waals surface area contributed by atoms with Crippen LogP contribution in [0.1, 0.15) is 12.5 Å². The summed E-state index contributed by atoms with van der Waals surface area (Å²) in [7, 11) is 0. The van der Waals surface area contributed by atoms with E-state index < -0.39 is 0 Å². The van der Waals surface area contributed by atoms with Crippen LogP contribution in [0.4, 0.5) is 0 Å². The Balaban J connectivity index is 2.21. The van der Waals surface area contributed by atoms with Crippen LogP contribution in [0.15, 0.2) is 46.9 Å². The van der Waals surface area contributed by atoms with Gasteiger partial charge < -0.3 is 10.5 Å². The maximum Gasteiger partial charge on any atom is 0.147 e. The fourth-order valence-electron chi connectivity index (χ4n) is 1.79. The van der Waals surface area contributed by atoms with E-state index in [-0.39, 0.29) is 6.04 Å². The summed E-state index contributed by atoms with van der Waals surface area (Å²) in [5.41, 5.74) is 6.95. The molecule has 0 aliphatic heterocycles. The quantitative estimate of drug-likeness (QED) is 0.869. The molecule has 0 aromatic heterocycles. The zero-order valence-electron chi connectivity index (χ0n) is 10.6. The van der Waals surface area contributed by atoms with E-state index in [1.54, 1.807) is 6.07 Å². The van der Waals surface area contributed by atoms with Crippen molar-refractivity contribution in [3.8, 4) is 11.5 Å². The maximum absolute atomic E-state index is 6.10. The molecule has 0 fully saturated rings. The molecule has 0 heterocycles. The highest BCUT2D eigenvalue weighted by Gasteiger charge is 2.05. The summed E-state index contributed by atoms with van der Waals surface area (Å²) < 4.78 is 6.74. The highest BCUT2D eigenvalue weighted by Crippen LogP contribution is 2.32. The minimum atomic E-state index is 0.129. The van der Waals surface area contributed by atoms with Gasteiger partial charge in [0.05, 0.1) is 5.02 Å². The lowest BCUT2D eigenvalue weighted by atomic mass is 10.1. The first-order chi connectivity index (χ1) is 9.04. The van der Waals surface area contributed by atoms with Gasteiger partial charge in [-0.05, 0) is 49.2 Å². The van der Waals surface area contributed by atoms with Crippen molar-refractivity contribution in [3.05, 3.63) is 57.5 Å². The summed E-state index contributed by atoms with van der Waals surface area (Å²) in [5, 5.41) is 0.584. The Bertz CT molecular complexity index is 572. The first kappa shape index (κ1) is 14.4. The number of hydrogen-bond acceptors (Lipinski definition) is 2. The normalized spacial score (nSPS) is 12.2. The molecule has 2 aromatic carbocycles. The van der Waals surface area contributed by atoms with Gasteiger partial charge in [0, 0.05) is 10.5 Å². The van der Waals surface area contributed by atoms with Crippen LogP contribution in [0.25, 0.3) is 0 Å². The lowest BCUT2D eigenvalue weighted by Crippen LogP contribution is -2.17. The number of rotatable bonds is 4. The molecule has 0 spiro atoms. The lowest BCUT2D eigenvalue weighted by Gasteiger charge is -2.10. The van der Waals surface area contributed by atoms with Gasteiger partial charge in [-0.2, -0.15) is 0 Å². The van der Waals surface area contributed by atoms with Crippen molar-refractivity contribution < 1.29 is 4.74 Å². The molecular formula is C15H15BrClNO. The predicted octanol–water partition coefficient (Wildman–Crippen LogP) is 4.78. The summed E-state index contributed by atoms with van der Waals surface area (Å²) in [6.45, 7) is 1.98. The van der Waals surface area contributed by atoms with Crippen molar-refractivity contribution >= 4 is 27.5 Å². The van der Waals surface area contributed by atoms with Crippen LogP contribution in [0.2, 0.25) is 5.02 Å². The predicted molar refractivity (Wildman–Crippen MR) is 83.0 cm³/mol. The van der Waals surface area contributed by atoms with E-state index in [1.165, 1.54) is 0 Å². The molecule has 2 nitrogen and oxygen atoms in total. The van der Waals surface area contributed by atoms with E-state index >= 15 is 0 Å². The molecule has 0 aliphatic carbocycles. The van der Waals surface area contributed by atoms with E-state index in [9.17, 15) is 0 Å². The van der Waals surface area contributed by atoms with Crippen LogP contribution < -0.4 is 10.5 Å². The second-order valence-corrected chi connectivity index (χ2v) is 5.83. The molecule has 0 saturated heterocycles. The molecule has 1 atom stereocenters. The van der Waals surface area contributed by atoms with Crippen LogP contribution in [0, 0.1) is 0 Å². The fraction of sp³-hybridized carbons (Fsp3) is 0.200. The standard InChI is InChI=1S/C15H15BrClNO/c1-10(18)7-11-3-2-4-13(8-11)19-15-9-12(16)5-6-14(15)17/h2-6,8-10H,7,18H2,1H3. The van der Waals surface area contributed by atoms with Crippen molar-refractivity contribution in [2.24, 2.45) is 5.73 Å². The number of ether oxygens (including phenoxy) is 1. The monoisotopic (exact) mass is 339 g/mol. The summed E-state index contributed by atoms with van der Waals surface area (Å²) in [4.78, 5) is 0. The van der Waals surface area contributed by atoms with Crippen LogP contribution >= 0.6 is 27.5 Å². The molecule has 2 aromatic rings. The SMILES string of the molecule is CC(N)Cc1cccc(Oc2cc(Br)ccc2Cl)c1. The van der Waals surface area contributed by atoms with Gasteiger partial charge in [0.1, 0.15) is 11.5 Å². The van der Waals surface area contributed by atoms with E-state index in [4.69, 9.17) is 22.1 Å². The molecule has 0 aliphatic rings. The Labute approximate surface area is 126 Å². The van der Waals surface area contributed by atoms with Gasteiger partial charge in [0.2, 0.25) is 0 Å². The van der Waals surface area contributed by atoms with Crippen molar-refractivity contribution in [2.45, 2.75) is 19.4 Å². The highest BCUT2D eigenvalue weighted by molar-refractivity contribution is 9.10. The minimum Gasteiger partial charge on any atom is -0.456 e. The smallest absolute Gasteiger partial charge is 0.147 e. The van der Waals surface area contributed by atoms with Gasteiger partial charge in [0.15, 0.2) is 0 Å². The molecule has 0 bridgehead atoms. The van der Waals surface area contributed by atoms with Gasteiger partial charge in [0.25, 0.3) is 0 Å². The number of benzene rings is 2. The molecular weight excluding hydrogens is 326 g/mol. The Morgan fingerprint density at radius 1 is 1.26 bits per heavy atom. The minimum absolute atomic E-state index is 0.129.